The molecule has 0 aliphatic rings. The van der Waals surface area contributed by atoms with E-state index in [1.165, 1.54) is 6.42 Å². The summed E-state index contributed by atoms with van der Waals surface area (Å²) in [6, 6.07) is 0. The van der Waals surface area contributed by atoms with Crippen LogP contribution in [0.5, 0.6) is 0 Å². The molecule has 0 aliphatic heterocycles. The monoisotopic (exact) mass is 277 g/mol. The van der Waals surface area contributed by atoms with Crippen molar-refractivity contribution >= 4 is 12.6 Å². The Labute approximate surface area is 119 Å². The van der Waals surface area contributed by atoms with E-state index in [4.69, 9.17) is 9.47 Å². The van der Waals surface area contributed by atoms with Crippen molar-refractivity contribution in [3.8, 4) is 0 Å². The van der Waals surface area contributed by atoms with Crippen molar-refractivity contribution in [2.45, 2.75) is 38.9 Å². The maximum Gasteiger partial charge on any atom is 0.0701 e. The fraction of sp³-hybridized carbons (Fsp3) is 1.00. The largest absolute Gasteiger partial charge is 0.379 e. The van der Waals surface area contributed by atoms with Gasteiger partial charge in [-0.05, 0) is 25.8 Å². The van der Waals surface area contributed by atoms with Crippen molar-refractivity contribution < 1.29 is 9.47 Å². The van der Waals surface area contributed by atoms with Crippen LogP contribution in [0.15, 0.2) is 0 Å². The third kappa shape index (κ3) is 14.3. The lowest BCUT2D eigenvalue weighted by atomic mass is 10.1. The Morgan fingerprint density at radius 3 is 2.17 bits per heavy atom. The Morgan fingerprint density at radius 2 is 1.61 bits per heavy atom. The first-order valence-electron chi connectivity index (χ1n) is 7.04. The van der Waals surface area contributed by atoms with Gasteiger partial charge in [-0.3, -0.25) is 0 Å². The van der Waals surface area contributed by atoms with Gasteiger partial charge < -0.3 is 14.4 Å². The van der Waals surface area contributed by atoms with Gasteiger partial charge in [-0.25, -0.2) is 0 Å². The maximum absolute atomic E-state index is 5.52. The average Bonchev–Trinajstić information content (AvgIpc) is 2.25. The molecule has 0 saturated heterocycles. The maximum atomic E-state index is 5.52. The van der Waals surface area contributed by atoms with Crippen molar-refractivity contribution in [3.05, 3.63) is 0 Å². The highest BCUT2D eigenvalue weighted by Gasteiger charge is 2.01. The summed E-state index contributed by atoms with van der Waals surface area (Å²) in [5, 5.41) is 0.416. The minimum Gasteiger partial charge on any atom is -0.379 e. The molecule has 18 heavy (non-hydrogen) atoms. The van der Waals surface area contributed by atoms with Gasteiger partial charge in [-0.15, -0.1) is 0 Å². The summed E-state index contributed by atoms with van der Waals surface area (Å²) in [5.41, 5.74) is 0. The molecule has 1 atom stereocenters. The third-order valence-electron chi connectivity index (χ3n) is 2.64. The predicted molar refractivity (Wildman–Crippen MR) is 81.7 cm³/mol. The molecule has 0 N–H and O–H groups in total. The summed E-state index contributed by atoms with van der Waals surface area (Å²) in [6.45, 7) is 11.6. The highest BCUT2D eigenvalue weighted by molar-refractivity contribution is 7.80. The minimum atomic E-state index is 0.416. The Bertz CT molecular complexity index is 177. The second-order valence-corrected chi connectivity index (χ2v) is 6.25. The molecule has 0 rings (SSSR count). The Kier molecular flexibility index (Phi) is 12.4. The Hall–Kier alpha value is 0.230. The van der Waals surface area contributed by atoms with Crippen LogP contribution >= 0.6 is 12.6 Å². The average molecular weight is 277 g/mol. The van der Waals surface area contributed by atoms with Gasteiger partial charge >= 0.3 is 0 Å². The van der Waals surface area contributed by atoms with E-state index in [1.54, 1.807) is 0 Å². The lowest BCUT2D eigenvalue weighted by molar-refractivity contribution is 0.0392. The van der Waals surface area contributed by atoms with Crippen molar-refractivity contribution in [1.82, 2.24) is 4.90 Å². The van der Waals surface area contributed by atoms with Gasteiger partial charge in [0.2, 0.25) is 0 Å². The molecule has 0 saturated carbocycles. The Balaban J connectivity index is 3.11. The van der Waals surface area contributed by atoms with Crippen LogP contribution in [0.2, 0.25) is 0 Å². The molecule has 0 aromatic heterocycles. The van der Waals surface area contributed by atoms with Crippen LogP contribution in [0.3, 0.4) is 0 Å². The lowest BCUT2D eigenvalue weighted by Crippen LogP contribution is -2.28. The van der Waals surface area contributed by atoms with Gasteiger partial charge in [-0.2, -0.15) is 12.6 Å². The molecule has 0 fully saturated rings. The van der Waals surface area contributed by atoms with E-state index in [1.807, 2.05) is 0 Å². The molecule has 110 valence electrons. The molecule has 0 radical (unpaired) electrons. The van der Waals surface area contributed by atoms with Crippen molar-refractivity contribution in [3.63, 3.8) is 0 Å². The van der Waals surface area contributed by atoms with E-state index in [9.17, 15) is 0 Å². The molecular formula is C14H31NO2S. The standard InChI is InChI=1S/C14H31NO2S/c1-13(2)6-5-8-16-10-11-17-9-7-15(4)12-14(3)18/h13-14,18H,5-12H2,1-4H3. The summed E-state index contributed by atoms with van der Waals surface area (Å²) in [4.78, 5) is 2.24. The zero-order valence-corrected chi connectivity index (χ0v) is 13.4. The number of likely N-dealkylation sites (N-methyl/N-ethyl adjacent to an activating group) is 1. The van der Waals surface area contributed by atoms with Crippen LogP contribution in [0.1, 0.15) is 33.6 Å². The van der Waals surface area contributed by atoms with Gasteiger partial charge in [0, 0.05) is 24.9 Å². The first-order valence-corrected chi connectivity index (χ1v) is 7.56. The second-order valence-electron chi connectivity index (χ2n) is 5.37. The first kappa shape index (κ1) is 18.2. The van der Waals surface area contributed by atoms with Crippen LogP contribution in [0.25, 0.3) is 0 Å². The molecular weight excluding hydrogens is 246 g/mol. The fourth-order valence-electron chi connectivity index (χ4n) is 1.68. The minimum absolute atomic E-state index is 0.416. The second kappa shape index (κ2) is 12.3. The van der Waals surface area contributed by atoms with Crippen molar-refractivity contribution in [2.75, 3.05) is 46.6 Å². The normalized spacial score (nSPS) is 13.5. The highest BCUT2D eigenvalue weighted by Crippen LogP contribution is 2.02. The van der Waals surface area contributed by atoms with E-state index in [2.05, 4.69) is 45.3 Å². The highest BCUT2D eigenvalue weighted by atomic mass is 32.1. The van der Waals surface area contributed by atoms with Gasteiger partial charge in [0.15, 0.2) is 0 Å². The molecule has 0 amide bonds. The fourth-order valence-corrected chi connectivity index (χ4v) is 1.96. The van der Waals surface area contributed by atoms with Gasteiger partial charge in [0.25, 0.3) is 0 Å². The molecule has 0 heterocycles. The van der Waals surface area contributed by atoms with Gasteiger partial charge in [0.1, 0.15) is 0 Å². The molecule has 0 aromatic rings. The zero-order chi connectivity index (χ0) is 13.8. The zero-order valence-electron chi connectivity index (χ0n) is 12.5. The van der Waals surface area contributed by atoms with Crippen molar-refractivity contribution in [2.24, 2.45) is 5.92 Å². The number of hydrogen-bond donors (Lipinski definition) is 1. The van der Waals surface area contributed by atoms with Crippen molar-refractivity contribution in [1.29, 1.82) is 0 Å². The summed E-state index contributed by atoms with van der Waals surface area (Å²) < 4.78 is 11.0. The summed E-state index contributed by atoms with van der Waals surface area (Å²) in [7, 11) is 2.10. The third-order valence-corrected chi connectivity index (χ3v) is 2.80. The number of thiol groups is 1. The number of ether oxygens (including phenoxy) is 2. The van der Waals surface area contributed by atoms with Gasteiger partial charge in [-0.1, -0.05) is 20.8 Å². The molecule has 3 nitrogen and oxygen atoms in total. The molecule has 0 spiro atoms. The van der Waals surface area contributed by atoms with E-state index in [0.717, 1.165) is 38.6 Å². The van der Waals surface area contributed by atoms with Gasteiger partial charge in [0.05, 0.1) is 19.8 Å². The number of hydrogen-bond acceptors (Lipinski definition) is 4. The van der Waals surface area contributed by atoms with Crippen LogP contribution in [-0.4, -0.2) is 56.7 Å². The molecule has 0 aromatic carbocycles. The Morgan fingerprint density at radius 1 is 1.00 bits per heavy atom. The smallest absolute Gasteiger partial charge is 0.0701 e. The molecule has 0 aliphatic carbocycles. The summed E-state index contributed by atoms with van der Waals surface area (Å²) in [6.07, 6.45) is 2.40. The first-order chi connectivity index (χ1) is 8.52. The van der Waals surface area contributed by atoms with Crippen LogP contribution < -0.4 is 0 Å². The summed E-state index contributed by atoms with van der Waals surface area (Å²) >= 11 is 4.36. The van der Waals surface area contributed by atoms with E-state index < -0.39 is 0 Å². The van der Waals surface area contributed by atoms with Crippen LogP contribution in [0, 0.1) is 5.92 Å². The topological polar surface area (TPSA) is 21.7 Å². The van der Waals surface area contributed by atoms with Crippen LogP contribution in [0.4, 0.5) is 0 Å². The van der Waals surface area contributed by atoms with E-state index in [0.29, 0.717) is 18.5 Å². The predicted octanol–water partition coefficient (Wildman–Crippen LogP) is 2.71. The number of nitrogens with zero attached hydrogens (tertiary/aromatic N) is 1. The molecule has 0 bridgehead atoms. The summed E-state index contributed by atoms with van der Waals surface area (Å²) in [5.74, 6) is 0.773. The van der Waals surface area contributed by atoms with E-state index in [-0.39, 0.29) is 0 Å². The van der Waals surface area contributed by atoms with Crippen LogP contribution in [-0.2, 0) is 9.47 Å². The lowest BCUT2D eigenvalue weighted by Gasteiger charge is -2.18. The SMILES string of the molecule is CC(C)CCCOCCOCCN(C)CC(C)S. The molecule has 4 heteroatoms. The quantitative estimate of drug-likeness (QED) is 0.438. The number of rotatable bonds is 12. The molecule has 1 unspecified atom stereocenters. The van der Waals surface area contributed by atoms with E-state index >= 15 is 0 Å².